The van der Waals surface area contributed by atoms with Crippen LogP contribution in [-0.2, 0) is 12.8 Å². The first-order valence-electron chi connectivity index (χ1n) is 8.11. The van der Waals surface area contributed by atoms with Gasteiger partial charge in [-0.25, -0.2) is 9.97 Å². The molecule has 0 amide bonds. The molecule has 4 nitrogen and oxygen atoms in total. The number of carbonyl (C=O) groups excluding carboxylic acids is 1. The summed E-state index contributed by atoms with van der Waals surface area (Å²) in [5.41, 5.74) is 4.93. The molecule has 0 atom stereocenters. The number of benzene rings is 1. The third-order valence-electron chi connectivity index (χ3n) is 4.49. The van der Waals surface area contributed by atoms with Crippen molar-refractivity contribution in [2.45, 2.75) is 45.4 Å². The minimum absolute atomic E-state index is 0.250. The molecule has 0 spiro atoms. The number of hydrogen-bond donors (Lipinski definition) is 0. The number of hydrogen-bond acceptors (Lipinski definition) is 3. The number of ketones is 1. The third kappa shape index (κ3) is 1.94. The Bertz CT molecular complexity index is 879. The molecule has 4 heteroatoms. The highest BCUT2D eigenvalue weighted by molar-refractivity contribution is 5.99. The molecule has 4 rings (SSSR count). The van der Waals surface area contributed by atoms with E-state index in [0.717, 1.165) is 65.9 Å². The summed E-state index contributed by atoms with van der Waals surface area (Å²) in [5, 5.41) is 0. The van der Waals surface area contributed by atoms with Crippen molar-refractivity contribution in [1.29, 1.82) is 0 Å². The van der Waals surface area contributed by atoms with Gasteiger partial charge in [-0.15, -0.1) is 0 Å². The van der Waals surface area contributed by atoms with Gasteiger partial charge < -0.3 is 0 Å². The Hall–Kier alpha value is -2.23. The largest absolute Gasteiger partial charge is 0.294 e. The van der Waals surface area contributed by atoms with E-state index in [4.69, 9.17) is 4.98 Å². The van der Waals surface area contributed by atoms with Crippen molar-refractivity contribution in [2.24, 2.45) is 0 Å². The smallest absolute Gasteiger partial charge is 0.235 e. The minimum Gasteiger partial charge on any atom is -0.294 e. The molecule has 0 fully saturated rings. The monoisotopic (exact) mass is 293 g/mol. The summed E-state index contributed by atoms with van der Waals surface area (Å²) >= 11 is 0. The Morgan fingerprint density at radius 3 is 2.91 bits per heavy atom. The molecule has 2 heterocycles. The number of aryl methyl sites for hydroxylation is 2. The first kappa shape index (κ1) is 13.4. The van der Waals surface area contributed by atoms with Crippen molar-refractivity contribution >= 4 is 22.6 Å². The van der Waals surface area contributed by atoms with E-state index < -0.39 is 0 Å². The van der Waals surface area contributed by atoms with Gasteiger partial charge in [0.2, 0.25) is 5.78 Å². The van der Waals surface area contributed by atoms with Crippen LogP contribution in [0, 0.1) is 0 Å². The van der Waals surface area contributed by atoms with Crippen LogP contribution in [0.5, 0.6) is 0 Å². The van der Waals surface area contributed by atoms with Crippen molar-refractivity contribution in [2.75, 3.05) is 0 Å². The van der Waals surface area contributed by atoms with Crippen LogP contribution in [0.25, 0.3) is 16.8 Å². The van der Waals surface area contributed by atoms with Gasteiger partial charge in [-0.3, -0.25) is 9.20 Å². The van der Waals surface area contributed by atoms with Crippen LogP contribution in [-0.4, -0.2) is 20.2 Å². The van der Waals surface area contributed by atoms with E-state index in [0.29, 0.717) is 6.42 Å². The number of carbonyl (C=O) groups is 1. The van der Waals surface area contributed by atoms with Crippen LogP contribution in [0.2, 0.25) is 0 Å². The Morgan fingerprint density at radius 2 is 2.05 bits per heavy atom. The predicted molar refractivity (Wildman–Crippen MR) is 86.4 cm³/mol. The molecule has 0 aliphatic heterocycles. The Labute approximate surface area is 129 Å². The highest BCUT2D eigenvalue weighted by Gasteiger charge is 2.25. The lowest BCUT2D eigenvalue weighted by Crippen LogP contribution is -2.19. The van der Waals surface area contributed by atoms with E-state index in [1.54, 1.807) is 0 Å². The molecule has 1 aliphatic carbocycles. The van der Waals surface area contributed by atoms with Crippen LogP contribution in [0.3, 0.4) is 0 Å². The average molecular weight is 293 g/mol. The van der Waals surface area contributed by atoms with Gasteiger partial charge in [-0.05, 0) is 37.8 Å². The molecule has 0 unspecified atom stereocenters. The topological polar surface area (TPSA) is 47.3 Å². The van der Waals surface area contributed by atoms with Gasteiger partial charge in [0.25, 0.3) is 0 Å². The lowest BCUT2D eigenvalue weighted by Gasteiger charge is -2.19. The summed E-state index contributed by atoms with van der Waals surface area (Å²) in [7, 11) is 0. The average Bonchev–Trinajstić information content (AvgIpc) is 2.90. The standard InChI is InChI=1S/C18H19N3O/c1-2-3-9-15-17-13(8-6-11-16(17)22)20-18-19-12-7-4-5-10-14(12)21(15)18/h4-5,7,10H,2-3,6,8-9,11H2,1H3. The number of nitrogens with zero attached hydrogens (tertiary/aromatic N) is 3. The van der Waals surface area contributed by atoms with Crippen molar-refractivity contribution in [3.05, 3.63) is 41.2 Å². The molecule has 1 aliphatic rings. The molecule has 22 heavy (non-hydrogen) atoms. The van der Waals surface area contributed by atoms with Gasteiger partial charge in [0.1, 0.15) is 0 Å². The minimum atomic E-state index is 0.250. The Morgan fingerprint density at radius 1 is 1.18 bits per heavy atom. The van der Waals surface area contributed by atoms with E-state index in [1.165, 1.54) is 0 Å². The summed E-state index contributed by atoms with van der Waals surface area (Å²) in [6.07, 6.45) is 5.53. The zero-order valence-corrected chi connectivity index (χ0v) is 12.8. The summed E-state index contributed by atoms with van der Waals surface area (Å²) in [5.74, 6) is 0.986. The molecular formula is C18H19N3O. The molecule has 3 aromatic rings. The quantitative estimate of drug-likeness (QED) is 0.739. The van der Waals surface area contributed by atoms with Crippen LogP contribution in [0.1, 0.15) is 54.4 Å². The van der Waals surface area contributed by atoms with Crippen molar-refractivity contribution in [3.8, 4) is 0 Å². The molecule has 0 saturated carbocycles. The maximum absolute atomic E-state index is 12.5. The van der Waals surface area contributed by atoms with Gasteiger partial charge >= 0.3 is 0 Å². The van der Waals surface area contributed by atoms with Crippen molar-refractivity contribution < 1.29 is 4.79 Å². The number of Topliss-reactive ketones (excluding diaryl/α,β-unsaturated/α-hetero) is 1. The lowest BCUT2D eigenvalue weighted by molar-refractivity contribution is 0.0970. The van der Waals surface area contributed by atoms with Gasteiger partial charge in [0, 0.05) is 12.1 Å². The van der Waals surface area contributed by atoms with E-state index >= 15 is 0 Å². The van der Waals surface area contributed by atoms with Gasteiger partial charge in [0.05, 0.1) is 22.3 Å². The van der Waals surface area contributed by atoms with Gasteiger partial charge in [0.15, 0.2) is 5.78 Å². The second-order valence-electron chi connectivity index (χ2n) is 6.00. The fourth-order valence-electron chi connectivity index (χ4n) is 3.43. The number of unbranched alkanes of at least 4 members (excludes halogenated alkanes) is 1. The number of para-hydroxylation sites is 2. The molecular weight excluding hydrogens is 274 g/mol. The molecule has 112 valence electrons. The van der Waals surface area contributed by atoms with Crippen LogP contribution >= 0.6 is 0 Å². The first-order chi connectivity index (χ1) is 10.8. The zero-order valence-electron chi connectivity index (χ0n) is 12.8. The molecule has 0 bridgehead atoms. The fraction of sp³-hybridized carbons (Fsp3) is 0.389. The van der Waals surface area contributed by atoms with E-state index in [9.17, 15) is 4.79 Å². The van der Waals surface area contributed by atoms with Crippen molar-refractivity contribution in [3.63, 3.8) is 0 Å². The number of aromatic nitrogens is 3. The number of imidazole rings is 1. The first-order valence-corrected chi connectivity index (χ1v) is 8.11. The summed E-state index contributed by atoms with van der Waals surface area (Å²) in [6.45, 7) is 2.18. The second-order valence-corrected chi connectivity index (χ2v) is 6.00. The Kier molecular flexibility index (Phi) is 3.17. The molecule has 2 aromatic heterocycles. The van der Waals surface area contributed by atoms with E-state index in [-0.39, 0.29) is 5.78 Å². The molecule has 0 N–H and O–H groups in total. The van der Waals surface area contributed by atoms with Gasteiger partial charge in [-0.1, -0.05) is 25.5 Å². The maximum Gasteiger partial charge on any atom is 0.235 e. The second kappa shape index (κ2) is 5.20. The third-order valence-corrected chi connectivity index (χ3v) is 4.49. The number of fused-ring (bicyclic) bond motifs is 4. The SMILES string of the molecule is CCCCc1c2c(nc3nc4ccccc4n13)CCCC2=O. The highest BCUT2D eigenvalue weighted by Crippen LogP contribution is 2.28. The molecule has 1 aromatic carbocycles. The van der Waals surface area contributed by atoms with Crippen LogP contribution in [0.4, 0.5) is 0 Å². The molecule has 0 radical (unpaired) electrons. The highest BCUT2D eigenvalue weighted by atomic mass is 16.1. The van der Waals surface area contributed by atoms with Crippen LogP contribution < -0.4 is 0 Å². The summed E-state index contributed by atoms with van der Waals surface area (Å²) in [4.78, 5) is 21.9. The fourth-order valence-corrected chi connectivity index (χ4v) is 3.43. The predicted octanol–water partition coefficient (Wildman–Crippen LogP) is 3.74. The number of rotatable bonds is 3. The zero-order chi connectivity index (χ0) is 15.1. The normalized spacial score (nSPS) is 14.7. The molecule has 0 saturated heterocycles. The Balaban J connectivity index is 2.10. The maximum atomic E-state index is 12.5. The van der Waals surface area contributed by atoms with E-state index in [1.807, 2.05) is 18.2 Å². The summed E-state index contributed by atoms with van der Waals surface area (Å²) in [6, 6.07) is 8.08. The lowest BCUT2D eigenvalue weighted by atomic mass is 9.92. The van der Waals surface area contributed by atoms with E-state index in [2.05, 4.69) is 22.4 Å². The van der Waals surface area contributed by atoms with Crippen LogP contribution in [0.15, 0.2) is 24.3 Å². The summed E-state index contributed by atoms with van der Waals surface area (Å²) < 4.78 is 2.10. The van der Waals surface area contributed by atoms with Gasteiger partial charge in [-0.2, -0.15) is 0 Å². The van der Waals surface area contributed by atoms with Crippen molar-refractivity contribution in [1.82, 2.24) is 14.4 Å².